The molecule has 1 aliphatic rings. The molecule has 0 spiro atoms. The van der Waals surface area contributed by atoms with Crippen LogP contribution in [0, 0.1) is 19.7 Å². The molecule has 24 heavy (non-hydrogen) atoms. The van der Waals surface area contributed by atoms with Gasteiger partial charge in [-0.05, 0) is 57.7 Å². The maximum atomic E-state index is 13.5. The number of carbonyl (C=O) groups excluding carboxylic acids is 1. The molecule has 2 heterocycles. The fourth-order valence-electron chi connectivity index (χ4n) is 3.55. The third-order valence-corrected chi connectivity index (χ3v) is 4.83. The van der Waals surface area contributed by atoms with Crippen LogP contribution >= 0.6 is 0 Å². The molecule has 1 saturated heterocycles. The number of carbonyl (C=O) groups is 1. The molecule has 0 bridgehead atoms. The van der Waals surface area contributed by atoms with Crippen molar-refractivity contribution in [1.29, 1.82) is 0 Å². The number of aromatic nitrogens is 2. The molecule has 0 unspecified atom stereocenters. The minimum absolute atomic E-state index is 0.126. The lowest BCUT2D eigenvalue weighted by atomic mass is 9.90. The average Bonchev–Trinajstić information content (AvgIpc) is 3.04. The number of urea groups is 1. The molecule has 6 heteroatoms. The van der Waals surface area contributed by atoms with Crippen molar-refractivity contribution in [3.05, 3.63) is 47.0 Å². The van der Waals surface area contributed by atoms with Crippen molar-refractivity contribution in [2.45, 2.75) is 45.6 Å². The fraction of sp³-hybridized carbons (Fsp3) is 0.444. The van der Waals surface area contributed by atoms with Crippen LogP contribution in [0.3, 0.4) is 0 Å². The number of aromatic amines is 1. The quantitative estimate of drug-likeness (QED) is 0.899. The van der Waals surface area contributed by atoms with E-state index in [-0.39, 0.29) is 17.4 Å². The Bertz CT molecular complexity index is 738. The van der Waals surface area contributed by atoms with Gasteiger partial charge in [-0.25, -0.2) is 9.18 Å². The Labute approximate surface area is 141 Å². The van der Waals surface area contributed by atoms with Gasteiger partial charge in [0.05, 0.1) is 17.1 Å². The molecule has 0 radical (unpaired) electrons. The second-order valence-electron chi connectivity index (χ2n) is 6.80. The van der Waals surface area contributed by atoms with E-state index in [1.165, 1.54) is 6.07 Å². The SMILES string of the molecule is Cc1n[nH]c(C)c1NC(=O)N1CCC[C@]1(C)Cc1cccc(F)c1. The number of H-pyrrole nitrogens is 1. The molecule has 1 fully saturated rings. The van der Waals surface area contributed by atoms with E-state index in [0.717, 1.165) is 35.5 Å². The molecule has 5 nitrogen and oxygen atoms in total. The van der Waals surface area contributed by atoms with Crippen molar-refractivity contribution < 1.29 is 9.18 Å². The van der Waals surface area contributed by atoms with E-state index in [0.29, 0.717) is 13.0 Å². The highest BCUT2D eigenvalue weighted by molar-refractivity contribution is 5.91. The molecule has 0 aliphatic carbocycles. The Morgan fingerprint density at radius 2 is 2.25 bits per heavy atom. The van der Waals surface area contributed by atoms with E-state index in [1.54, 1.807) is 12.1 Å². The molecule has 3 rings (SSSR count). The van der Waals surface area contributed by atoms with Gasteiger partial charge in [-0.2, -0.15) is 5.10 Å². The van der Waals surface area contributed by atoms with Crippen molar-refractivity contribution in [3.63, 3.8) is 0 Å². The number of anilines is 1. The van der Waals surface area contributed by atoms with Gasteiger partial charge in [-0.3, -0.25) is 5.10 Å². The molecule has 1 aliphatic heterocycles. The Balaban J connectivity index is 1.78. The van der Waals surface area contributed by atoms with Gasteiger partial charge in [0.2, 0.25) is 0 Å². The number of aryl methyl sites for hydroxylation is 2. The van der Waals surface area contributed by atoms with E-state index in [4.69, 9.17) is 0 Å². The summed E-state index contributed by atoms with van der Waals surface area (Å²) in [6.45, 7) is 6.51. The second-order valence-corrected chi connectivity index (χ2v) is 6.80. The maximum absolute atomic E-state index is 13.5. The molecule has 2 aromatic rings. The van der Waals surface area contributed by atoms with Crippen LogP contribution in [0.25, 0.3) is 0 Å². The van der Waals surface area contributed by atoms with Crippen LogP contribution in [0.15, 0.2) is 24.3 Å². The zero-order valence-corrected chi connectivity index (χ0v) is 14.3. The van der Waals surface area contributed by atoms with E-state index >= 15 is 0 Å². The van der Waals surface area contributed by atoms with Gasteiger partial charge < -0.3 is 10.2 Å². The highest BCUT2D eigenvalue weighted by Gasteiger charge is 2.40. The largest absolute Gasteiger partial charge is 0.322 e. The number of nitrogens with zero attached hydrogens (tertiary/aromatic N) is 2. The van der Waals surface area contributed by atoms with Crippen molar-refractivity contribution in [2.24, 2.45) is 0 Å². The number of hydrogen-bond donors (Lipinski definition) is 2. The van der Waals surface area contributed by atoms with Crippen LogP contribution in [0.1, 0.15) is 36.7 Å². The van der Waals surface area contributed by atoms with E-state index in [9.17, 15) is 9.18 Å². The number of hydrogen-bond acceptors (Lipinski definition) is 2. The van der Waals surface area contributed by atoms with Crippen molar-refractivity contribution in [1.82, 2.24) is 15.1 Å². The summed E-state index contributed by atoms with van der Waals surface area (Å²) in [5.41, 5.74) is 2.94. The third kappa shape index (κ3) is 3.13. The van der Waals surface area contributed by atoms with Gasteiger partial charge in [-0.1, -0.05) is 12.1 Å². The van der Waals surface area contributed by atoms with Crippen molar-refractivity contribution in [3.8, 4) is 0 Å². The van der Waals surface area contributed by atoms with Gasteiger partial charge in [0, 0.05) is 12.1 Å². The van der Waals surface area contributed by atoms with E-state index in [1.807, 2.05) is 24.8 Å². The lowest BCUT2D eigenvalue weighted by molar-refractivity contribution is 0.168. The molecule has 1 aromatic carbocycles. The van der Waals surface area contributed by atoms with E-state index in [2.05, 4.69) is 22.4 Å². The fourth-order valence-corrected chi connectivity index (χ4v) is 3.55. The molecule has 0 saturated carbocycles. The predicted octanol–water partition coefficient (Wildman–Crippen LogP) is 3.79. The van der Waals surface area contributed by atoms with Crippen LogP contribution in [-0.4, -0.2) is 33.2 Å². The van der Waals surface area contributed by atoms with Crippen LogP contribution in [0.5, 0.6) is 0 Å². The number of nitrogens with one attached hydrogen (secondary N) is 2. The Morgan fingerprint density at radius 3 is 2.92 bits per heavy atom. The van der Waals surface area contributed by atoms with Crippen LogP contribution < -0.4 is 5.32 Å². The van der Waals surface area contributed by atoms with Gasteiger partial charge in [0.1, 0.15) is 5.82 Å². The minimum atomic E-state index is -0.316. The third-order valence-electron chi connectivity index (χ3n) is 4.83. The summed E-state index contributed by atoms with van der Waals surface area (Å²) in [5, 5.41) is 9.96. The summed E-state index contributed by atoms with van der Waals surface area (Å²) in [7, 11) is 0. The lowest BCUT2D eigenvalue weighted by Gasteiger charge is -2.35. The monoisotopic (exact) mass is 330 g/mol. The van der Waals surface area contributed by atoms with Crippen LogP contribution in [0.4, 0.5) is 14.9 Å². The van der Waals surface area contributed by atoms with Gasteiger partial charge in [0.25, 0.3) is 0 Å². The van der Waals surface area contributed by atoms with Crippen LogP contribution in [0.2, 0.25) is 0 Å². The molecular weight excluding hydrogens is 307 g/mol. The van der Waals surface area contributed by atoms with Gasteiger partial charge in [-0.15, -0.1) is 0 Å². The minimum Gasteiger partial charge on any atom is -0.319 e. The summed E-state index contributed by atoms with van der Waals surface area (Å²) in [6, 6.07) is 6.48. The van der Waals surface area contributed by atoms with Crippen molar-refractivity contribution >= 4 is 11.7 Å². The van der Waals surface area contributed by atoms with Crippen LogP contribution in [-0.2, 0) is 6.42 Å². The Hall–Kier alpha value is -2.37. The van der Waals surface area contributed by atoms with E-state index < -0.39 is 0 Å². The first-order valence-corrected chi connectivity index (χ1v) is 8.24. The zero-order valence-electron chi connectivity index (χ0n) is 14.3. The van der Waals surface area contributed by atoms with Gasteiger partial charge >= 0.3 is 6.03 Å². The average molecular weight is 330 g/mol. The number of likely N-dealkylation sites (tertiary alicyclic amines) is 1. The Morgan fingerprint density at radius 1 is 1.46 bits per heavy atom. The molecule has 2 N–H and O–H groups in total. The highest BCUT2D eigenvalue weighted by atomic mass is 19.1. The zero-order chi connectivity index (χ0) is 17.3. The summed E-state index contributed by atoms with van der Waals surface area (Å²) < 4.78 is 13.5. The topological polar surface area (TPSA) is 61.0 Å². The maximum Gasteiger partial charge on any atom is 0.322 e. The number of rotatable bonds is 3. The normalized spacial score (nSPS) is 20.4. The molecule has 2 amide bonds. The first-order valence-electron chi connectivity index (χ1n) is 8.24. The standard InChI is InChI=1S/C18H23FN4O/c1-12-16(13(2)22-21-12)20-17(24)23-9-5-8-18(23,3)11-14-6-4-7-15(19)10-14/h4,6-7,10H,5,8-9,11H2,1-3H3,(H,20,24)(H,21,22)/t18-/m1/s1. The molecule has 128 valence electrons. The summed E-state index contributed by atoms with van der Waals surface area (Å²) in [4.78, 5) is 14.7. The summed E-state index contributed by atoms with van der Waals surface area (Å²) >= 11 is 0. The second kappa shape index (κ2) is 6.26. The predicted molar refractivity (Wildman–Crippen MR) is 91.5 cm³/mol. The number of halogens is 1. The first kappa shape index (κ1) is 16.5. The number of benzene rings is 1. The summed E-state index contributed by atoms with van der Waals surface area (Å²) in [6.07, 6.45) is 2.49. The lowest BCUT2D eigenvalue weighted by Crippen LogP contribution is -2.48. The van der Waals surface area contributed by atoms with Crippen molar-refractivity contribution in [2.75, 3.05) is 11.9 Å². The molecular formula is C18H23FN4O. The molecule has 1 atom stereocenters. The highest BCUT2D eigenvalue weighted by Crippen LogP contribution is 2.33. The Kier molecular flexibility index (Phi) is 4.30. The number of amides is 2. The first-order chi connectivity index (χ1) is 11.4. The summed E-state index contributed by atoms with van der Waals surface area (Å²) in [5.74, 6) is -0.241. The van der Waals surface area contributed by atoms with Gasteiger partial charge in [0.15, 0.2) is 0 Å². The smallest absolute Gasteiger partial charge is 0.319 e. The molecule has 1 aromatic heterocycles.